The minimum absolute atomic E-state index is 1.17. The molecule has 0 saturated heterocycles. The number of aromatic nitrogens is 1. The van der Waals surface area contributed by atoms with Gasteiger partial charge in [0.05, 0.1) is 0 Å². The third-order valence-electron chi connectivity index (χ3n) is 4.09. The van der Waals surface area contributed by atoms with Crippen molar-refractivity contribution < 1.29 is 0 Å². The SMILES string of the molecule is CC.Cc1ccc(-c2cc3cc(-c4ccccc4)ccc3[nH]2)cc1. The van der Waals surface area contributed by atoms with E-state index in [2.05, 4.69) is 84.7 Å². The predicted molar refractivity (Wildman–Crippen MR) is 105 cm³/mol. The molecular formula is C23H23N. The van der Waals surface area contributed by atoms with Crippen LogP contribution in [0.2, 0.25) is 0 Å². The van der Waals surface area contributed by atoms with Crippen LogP contribution in [0.15, 0.2) is 78.9 Å². The highest BCUT2D eigenvalue weighted by atomic mass is 14.7. The Kier molecular flexibility index (Phi) is 4.81. The van der Waals surface area contributed by atoms with E-state index in [4.69, 9.17) is 0 Å². The Bertz CT molecular complexity index is 915. The fourth-order valence-corrected chi connectivity index (χ4v) is 2.83. The van der Waals surface area contributed by atoms with Crippen molar-refractivity contribution in [3.05, 3.63) is 84.4 Å². The molecule has 24 heavy (non-hydrogen) atoms. The standard InChI is InChI=1S/C21H17N.C2H6/c1-15-7-9-17(10-8-15)21-14-19-13-18(11-12-20(19)22-21)16-5-3-2-4-6-16;1-2/h2-14,22H,1H3;1-2H3. The highest BCUT2D eigenvalue weighted by molar-refractivity contribution is 5.89. The van der Waals surface area contributed by atoms with Gasteiger partial charge in [0.15, 0.2) is 0 Å². The zero-order valence-corrected chi connectivity index (χ0v) is 14.5. The maximum atomic E-state index is 3.51. The molecule has 1 nitrogen and oxygen atoms in total. The van der Waals surface area contributed by atoms with Gasteiger partial charge in [-0.1, -0.05) is 80.1 Å². The van der Waals surface area contributed by atoms with Crippen molar-refractivity contribution in [3.8, 4) is 22.4 Å². The van der Waals surface area contributed by atoms with Gasteiger partial charge in [-0.2, -0.15) is 0 Å². The smallest absolute Gasteiger partial charge is 0.0464 e. The second-order valence-corrected chi connectivity index (χ2v) is 5.72. The van der Waals surface area contributed by atoms with Gasteiger partial charge in [0, 0.05) is 16.6 Å². The van der Waals surface area contributed by atoms with Crippen LogP contribution >= 0.6 is 0 Å². The van der Waals surface area contributed by atoms with E-state index in [1.807, 2.05) is 19.9 Å². The lowest BCUT2D eigenvalue weighted by Crippen LogP contribution is -1.77. The Morgan fingerprint density at radius 2 is 1.29 bits per heavy atom. The lowest BCUT2D eigenvalue weighted by Gasteiger charge is -2.00. The molecule has 3 aromatic carbocycles. The monoisotopic (exact) mass is 313 g/mol. The van der Waals surface area contributed by atoms with E-state index in [-0.39, 0.29) is 0 Å². The number of nitrogens with one attached hydrogen (secondary N) is 1. The minimum atomic E-state index is 1.17. The van der Waals surface area contributed by atoms with Crippen molar-refractivity contribution in [2.24, 2.45) is 0 Å². The molecule has 0 aliphatic carbocycles. The summed E-state index contributed by atoms with van der Waals surface area (Å²) in [7, 11) is 0. The number of benzene rings is 3. The molecule has 0 saturated carbocycles. The van der Waals surface area contributed by atoms with Gasteiger partial charge in [-0.25, -0.2) is 0 Å². The summed E-state index contributed by atoms with van der Waals surface area (Å²) in [5.74, 6) is 0. The van der Waals surface area contributed by atoms with Crippen molar-refractivity contribution in [2.45, 2.75) is 20.8 Å². The van der Waals surface area contributed by atoms with Crippen LogP contribution in [-0.2, 0) is 0 Å². The van der Waals surface area contributed by atoms with Gasteiger partial charge in [-0.15, -0.1) is 0 Å². The van der Waals surface area contributed by atoms with Crippen molar-refractivity contribution in [3.63, 3.8) is 0 Å². The normalized spacial score (nSPS) is 10.3. The average molecular weight is 313 g/mol. The molecule has 0 atom stereocenters. The number of aromatic amines is 1. The Balaban J connectivity index is 0.000000815. The molecule has 1 heteroatoms. The zero-order valence-electron chi connectivity index (χ0n) is 14.5. The van der Waals surface area contributed by atoms with E-state index in [1.54, 1.807) is 0 Å². The molecular weight excluding hydrogens is 290 g/mol. The molecule has 0 aliphatic rings. The average Bonchev–Trinajstić information content (AvgIpc) is 3.08. The van der Waals surface area contributed by atoms with Crippen LogP contribution in [0.3, 0.4) is 0 Å². The molecule has 0 fully saturated rings. The van der Waals surface area contributed by atoms with Gasteiger partial charge in [0.25, 0.3) is 0 Å². The Hall–Kier alpha value is -2.80. The van der Waals surface area contributed by atoms with E-state index in [0.717, 1.165) is 0 Å². The first-order chi connectivity index (χ1) is 11.8. The van der Waals surface area contributed by atoms with Crippen molar-refractivity contribution in [2.75, 3.05) is 0 Å². The van der Waals surface area contributed by atoms with E-state index >= 15 is 0 Å². The van der Waals surface area contributed by atoms with Gasteiger partial charge in [-0.05, 0) is 41.8 Å². The molecule has 120 valence electrons. The molecule has 0 amide bonds. The summed E-state index contributed by atoms with van der Waals surface area (Å²) in [4.78, 5) is 3.51. The summed E-state index contributed by atoms with van der Waals surface area (Å²) in [6, 6.07) is 27.9. The van der Waals surface area contributed by atoms with Gasteiger partial charge in [0.2, 0.25) is 0 Å². The van der Waals surface area contributed by atoms with Crippen LogP contribution in [0.25, 0.3) is 33.3 Å². The van der Waals surface area contributed by atoms with Crippen LogP contribution < -0.4 is 0 Å². The lowest BCUT2D eigenvalue weighted by molar-refractivity contribution is 1.42. The summed E-state index contributed by atoms with van der Waals surface area (Å²) in [6.07, 6.45) is 0. The number of hydrogen-bond donors (Lipinski definition) is 1. The number of hydrogen-bond acceptors (Lipinski definition) is 0. The molecule has 4 rings (SSSR count). The number of rotatable bonds is 2. The van der Waals surface area contributed by atoms with Crippen LogP contribution in [-0.4, -0.2) is 4.98 Å². The number of aryl methyl sites for hydroxylation is 1. The van der Waals surface area contributed by atoms with Crippen LogP contribution in [0.5, 0.6) is 0 Å². The van der Waals surface area contributed by atoms with Gasteiger partial charge >= 0.3 is 0 Å². The van der Waals surface area contributed by atoms with E-state index in [0.29, 0.717) is 0 Å². The maximum absolute atomic E-state index is 3.51. The fourth-order valence-electron chi connectivity index (χ4n) is 2.83. The summed E-state index contributed by atoms with van der Waals surface area (Å²) in [5.41, 5.74) is 7.36. The molecule has 1 N–H and O–H groups in total. The first-order valence-electron chi connectivity index (χ1n) is 8.55. The predicted octanol–water partition coefficient (Wildman–Crippen LogP) is 6.84. The number of fused-ring (bicyclic) bond motifs is 1. The molecule has 0 radical (unpaired) electrons. The molecule has 0 bridgehead atoms. The third kappa shape index (κ3) is 3.26. The van der Waals surface area contributed by atoms with Gasteiger partial charge < -0.3 is 4.98 Å². The molecule has 1 aromatic heterocycles. The third-order valence-corrected chi connectivity index (χ3v) is 4.09. The van der Waals surface area contributed by atoms with Crippen molar-refractivity contribution >= 4 is 10.9 Å². The highest BCUT2D eigenvalue weighted by Crippen LogP contribution is 2.28. The van der Waals surface area contributed by atoms with Gasteiger partial charge in [-0.3, -0.25) is 0 Å². The molecule has 4 aromatic rings. The van der Waals surface area contributed by atoms with E-state index < -0.39 is 0 Å². The van der Waals surface area contributed by atoms with Gasteiger partial charge in [0.1, 0.15) is 0 Å². The first kappa shape index (κ1) is 16.1. The molecule has 0 aliphatic heterocycles. The van der Waals surface area contributed by atoms with Crippen molar-refractivity contribution in [1.29, 1.82) is 0 Å². The number of H-pyrrole nitrogens is 1. The summed E-state index contributed by atoms with van der Waals surface area (Å²) in [6.45, 7) is 6.11. The maximum Gasteiger partial charge on any atom is 0.0464 e. The van der Waals surface area contributed by atoms with Crippen LogP contribution in [0.4, 0.5) is 0 Å². The second-order valence-electron chi connectivity index (χ2n) is 5.72. The minimum Gasteiger partial charge on any atom is -0.355 e. The van der Waals surface area contributed by atoms with Crippen LogP contribution in [0.1, 0.15) is 19.4 Å². The molecule has 0 spiro atoms. The first-order valence-corrected chi connectivity index (χ1v) is 8.55. The van der Waals surface area contributed by atoms with Crippen LogP contribution in [0, 0.1) is 6.92 Å². The zero-order chi connectivity index (χ0) is 16.9. The Morgan fingerprint density at radius 1 is 0.625 bits per heavy atom. The van der Waals surface area contributed by atoms with E-state index in [1.165, 1.54) is 38.9 Å². The summed E-state index contributed by atoms with van der Waals surface area (Å²) in [5, 5.41) is 1.25. The Labute approximate surface area is 144 Å². The van der Waals surface area contributed by atoms with E-state index in [9.17, 15) is 0 Å². The summed E-state index contributed by atoms with van der Waals surface area (Å²) >= 11 is 0. The Morgan fingerprint density at radius 3 is 2.00 bits per heavy atom. The molecule has 0 unspecified atom stereocenters. The molecule has 1 heterocycles. The second kappa shape index (κ2) is 7.18. The largest absolute Gasteiger partial charge is 0.355 e. The fraction of sp³-hybridized carbons (Fsp3) is 0.130. The van der Waals surface area contributed by atoms with Crippen molar-refractivity contribution in [1.82, 2.24) is 4.98 Å². The summed E-state index contributed by atoms with van der Waals surface area (Å²) < 4.78 is 0. The topological polar surface area (TPSA) is 15.8 Å². The quantitative estimate of drug-likeness (QED) is 0.417. The highest BCUT2D eigenvalue weighted by Gasteiger charge is 2.05. The lowest BCUT2D eigenvalue weighted by atomic mass is 10.0.